The summed E-state index contributed by atoms with van der Waals surface area (Å²) in [5.74, 6) is -0.0236. The Kier molecular flexibility index (Phi) is 9.74. The molecule has 9 nitrogen and oxygen atoms in total. The van der Waals surface area contributed by atoms with Crippen LogP contribution in [0.25, 0.3) is 0 Å². The first kappa shape index (κ1) is 26.2. The zero-order chi connectivity index (χ0) is 24.5. The maximum Gasteiger partial charge on any atom is 0.259 e. The molecule has 1 N–H and O–H groups in total. The van der Waals surface area contributed by atoms with Gasteiger partial charge in [0.25, 0.3) is 5.91 Å². The molecule has 0 saturated heterocycles. The third-order valence-corrected chi connectivity index (χ3v) is 4.95. The van der Waals surface area contributed by atoms with E-state index in [0.29, 0.717) is 30.5 Å². The smallest absolute Gasteiger partial charge is 0.259 e. The first-order valence-electron chi connectivity index (χ1n) is 9.99. The van der Waals surface area contributed by atoms with E-state index in [1.807, 2.05) is 0 Å². The molecule has 0 fully saturated rings. The number of ketones is 1. The molecule has 0 aliphatic heterocycles. The zero-order valence-corrected chi connectivity index (χ0v) is 20.4. The SMILES string of the molecule is CCOc1ccc(Cl)c(OCC)c1NC(=O)C(N=Nc1cc(OC)cc(OC)c1Cl)C(C)=O. The molecule has 2 aromatic carbocycles. The van der Waals surface area contributed by atoms with Crippen LogP contribution in [0.2, 0.25) is 10.0 Å². The van der Waals surface area contributed by atoms with Crippen molar-refractivity contribution in [1.82, 2.24) is 0 Å². The summed E-state index contributed by atoms with van der Waals surface area (Å²) in [6.45, 7) is 5.42. The van der Waals surface area contributed by atoms with Crippen LogP contribution in [0.3, 0.4) is 0 Å². The number of nitrogens with one attached hydrogen (secondary N) is 1. The molecule has 0 heterocycles. The van der Waals surface area contributed by atoms with Crippen molar-refractivity contribution in [3.8, 4) is 23.0 Å². The lowest BCUT2D eigenvalue weighted by Gasteiger charge is -2.18. The van der Waals surface area contributed by atoms with Crippen LogP contribution in [-0.4, -0.2) is 45.2 Å². The Morgan fingerprint density at radius 2 is 1.73 bits per heavy atom. The number of ether oxygens (including phenoxy) is 4. The Morgan fingerprint density at radius 3 is 2.30 bits per heavy atom. The van der Waals surface area contributed by atoms with Gasteiger partial charge in [-0.3, -0.25) is 9.59 Å². The van der Waals surface area contributed by atoms with Crippen LogP contribution in [0.4, 0.5) is 11.4 Å². The summed E-state index contributed by atoms with van der Waals surface area (Å²) >= 11 is 12.5. The summed E-state index contributed by atoms with van der Waals surface area (Å²) in [7, 11) is 2.90. The lowest BCUT2D eigenvalue weighted by molar-refractivity contribution is -0.126. The van der Waals surface area contributed by atoms with E-state index in [2.05, 4.69) is 15.5 Å². The zero-order valence-electron chi connectivity index (χ0n) is 18.9. The number of methoxy groups -OCH3 is 2. The molecule has 0 radical (unpaired) electrons. The number of anilines is 1. The van der Waals surface area contributed by atoms with Gasteiger partial charge in [-0.05, 0) is 32.9 Å². The second kappa shape index (κ2) is 12.3. The van der Waals surface area contributed by atoms with Crippen LogP contribution in [0.1, 0.15) is 20.8 Å². The summed E-state index contributed by atoms with van der Waals surface area (Å²) in [6.07, 6.45) is 0. The summed E-state index contributed by atoms with van der Waals surface area (Å²) in [5.41, 5.74) is 0.360. The second-order valence-corrected chi connectivity index (χ2v) is 7.28. The van der Waals surface area contributed by atoms with Crippen molar-refractivity contribution >= 4 is 46.3 Å². The number of hydrogen-bond acceptors (Lipinski definition) is 8. The molecule has 2 rings (SSSR count). The topological polar surface area (TPSA) is 108 Å². The predicted octanol–water partition coefficient (Wildman–Crippen LogP) is 5.49. The van der Waals surface area contributed by atoms with E-state index >= 15 is 0 Å². The number of carbonyl (C=O) groups excluding carboxylic acids is 2. The van der Waals surface area contributed by atoms with E-state index in [-0.39, 0.29) is 27.2 Å². The van der Waals surface area contributed by atoms with Gasteiger partial charge >= 0.3 is 0 Å². The number of rotatable bonds is 11. The minimum atomic E-state index is -1.47. The standard InChI is InChI=1S/C22H25Cl2N3O6/c1-6-32-16-9-8-14(23)21(33-7-2)20(16)25-22(29)19(12(3)28)27-26-15-10-13(30-4)11-17(31-5)18(15)24/h8-11,19H,6-7H2,1-5H3,(H,25,29). The van der Waals surface area contributed by atoms with E-state index in [1.165, 1.54) is 27.2 Å². The van der Waals surface area contributed by atoms with Gasteiger partial charge < -0.3 is 24.3 Å². The molecule has 0 spiro atoms. The molecular weight excluding hydrogens is 473 g/mol. The Hall–Kier alpha value is -3.04. The molecular formula is C22H25Cl2N3O6. The highest BCUT2D eigenvalue weighted by Crippen LogP contribution is 2.41. The fraction of sp³-hybridized carbons (Fsp3) is 0.364. The summed E-state index contributed by atoms with van der Waals surface area (Å²) in [6, 6.07) is 4.78. The molecule has 1 amide bonds. The van der Waals surface area contributed by atoms with Gasteiger partial charge in [-0.1, -0.05) is 23.2 Å². The van der Waals surface area contributed by atoms with Crippen molar-refractivity contribution in [2.75, 3.05) is 32.8 Å². The van der Waals surface area contributed by atoms with E-state index in [9.17, 15) is 9.59 Å². The van der Waals surface area contributed by atoms with E-state index < -0.39 is 17.7 Å². The number of hydrogen-bond donors (Lipinski definition) is 1. The molecule has 2 aromatic rings. The molecule has 0 aromatic heterocycles. The Bertz CT molecular complexity index is 1050. The van der Waals surface area contributed by atoms with Gasteiger partial charge in [0.2, 0.25) is 6.04 Å². The minimum Gasteiger partial charge on any atom is -0.497 e. The molecule has 1 atom stereocenters. The quantitative estimate of drug-likeness (QED) is 0.324. The third kappa shape index (κ3) is 6.49. The van der Waals surface area contributed by atoms with E-state index in [0.717, 1.165) is 0 Å². The van der Waals surface area contributed by atoms with Gasteiger partial charge in [0.05, 0.1) is 32.5 Å². The van der Waals surface area contributed by atoms with Gasteiger partial charge in [0.15, 0.2) is 11.5 Å². The molecule has 0 aliphatic rings. The number of benzene rings is 2. The first-order valence-corrected chi connectivity index (χ1v) is 10.7. The Morgan fingerprint density at radius 1 is 1.03 bits per heavy atom. The van der Waals surface area contributed by atoms with Gasteiger partial charge in [-0.25, -0.2) is 0 Å². The number of halogens is 2. The summed E-state index contributed by atoms with van der Waals surface area (Å²) in [4.78, 5) is 25.2. The molecule has 1 unspecified atom stereocenters. The van der Waals surface area contributed by atoms with E-state index in [4.69, 9.17) is 42.1 Å². The molecule has 0 bridgehead atoms. The van der Waals surface area contributed by atoms with Crippen molar-refractivity contribution in [2.24, 2.45) is 10.2 Å². The van der Waals surface area contributed by atoms with Gasteiger partial charge in [0.1, 0.15) is 33.6 Å². The van der Waals surface area contributed by atoms with Gasteiger partial charge in [-0.15, -0.1) is 0 Å². The van der Waals surface area contributed by atoms with Gasteiger partial charge in [-0.2, -0.15) is 10.2 Å². The second-order valence-electron chi connectivity index (χ2n) is 6.50. The monoisotopic (exact) mass is 497 g/mol. The molecule has 0 saturated carbocycles. The van der Waals surface area contributed by atoms with Crippen molar-refractivity contribution < 1.29 is 28.5 Å². The predicted molar refractivity (Wildman–Crippen MR) is 126 cm³/mol. The number of Topliss-reactive ketones (excluding diaryl/α,β-unsaturated/α-hetero) is 1. The molecule has 33 heavy (non-hydrogen) atoms. The minimum absolute atomic E-state index is 0.150. The maximum absolute atomic E-state index is 13.0. The molecule has 178 valence electrons. The fourth-order valence-corrected chi connectivity index (χ4v) is 3.18. The third-order valence-electron chi connectivity index (χ3n) is 4.27. The van der Waals surface area contributed by atoms with Crippen molar-refractivity contribution in [2.45, 2.75) is 26.8 Å². The number of carbonyl (C=O) groups is 2. The first-order chi connectivity index (χ1) is 15.8. The van der Waals surface area contributed by atoms with Gasteiger partial charge in [0, 0.05) is 12.1 Å². The molecule has 11 heteroatoms. The highest BCUT2D eigenvalue weighted by molar-refractivity contribution is 6.34. The average molecular weight is 498 g/mol. The van der Waals surface area contributed by atoms with Crippen LogP contribution in [0, 0.1) is 0 Å². The lowest BCUT2D eigenvalue weighted by atomic mass is 10.2. The van der Waals surface area contributed by atoms with Crippen molar-refractivity contribution in [3.05, 3.63) is 34.3 Å². The number of azo groups is 1. The lowest BCUT2D eigenvalue weighted by Crippen LogP contribution is -2.32. The average Bonchev–Trinajstić information content (AvgIpc) is 2.79. The fourth-order valence-electron chi connectivity index (χ4n) is 2.75. The largest absolute Gasteiger partial charge is 0.497 e. The van der Waals surface area contributed by atoms with Crippen LogP contribution >= 0.6 is 23.2 Å². The Labute approximate surface area is 202 Å². The highest BCUT2D eigenvalue weighted by Gasteiger charge is 2.27. The summed E-state index contributed by atoms with van der Waals surface area (Å²) < 4.78 is 21.5. The number of amides is 1. The highest BCUT2D eigenvalue weighted by atomic mass is 35.5. The van der Waals surface area contributed by atoms with Crippen LogP contribution in [0.5, 0.6) is 23.0 Å². The van der Waals surface area contributed by atoms with Crippen LogP contribution < -0.4 is 24.3 Å². The van der Waals surface area contributed by atoms with Crippen LogP contribution in [0.15, 0.2) is 34.5 Å². The molecule has 0 aliphatic carbocycles. The maximum atomic E-state index is 13.0. The summed E-state index contributed by atoms with van der Waals surface area (Å²) in [5, 5.41) is 11.0. The number of nitrogens with zero attached hydrogens (tertiary/aromatic N) is 2. The van der Waals surface area contributed by atoms with Crippen molar-refractivity contribution in [1.29, 1.82) is 0 Å². The van der Waals surface area contributed by atoms with E-state index in [1.54, 1.807) is 32.0 Å². The van der Waals surface area contributed by atoms with Crippen LogP contribution in [-0.2, 0) is 9.59 Å². The normalized spacial score (nSPS) is 11.7. The van der Waals surface area contributed by atoms with Crippen molar-refractivity contribution in [3.63, 3.8) is 0 Å². The Balaban J connectivity index is 2.42.